The highest BCUT2D eigenvalue weighted by molar-refractivity contribution is 9.10. The van der Waals surface area contributed by atoms with Gasteiger partial charge in [0, 0.05) is 21.7 Å². The molecule has 0 heterocycles. The van der Waals surface area contributed by atoms with Crippen molar-refractivity contribution in [3.8, 4) is 0 Å². The van der Waals surface area contributed by atoms with E-state index in [2.05, 4.69) is 21.2 Å². The Morgan fingerprint density at radius 1 is 1.10 bits per heavy atom. The minimum absolute atomic E-state index is 0.370. The van der Waals surface area contributed by atoms with Gasteiger partial charge in [-0.1, -0.05) is 23.7 Å². The predicted octanol–water partition coefficient (Wildman–Crippen LogP) is 5.73. The van der Waals surface area contributed by atoms with E-state index in [9.17, 15) is 13.2 Å². The second kappa shape index (κ2) is 6.06. The molecule has 2 aromatic carbocycles. The van der Waals surface area contributed by atoms with Crippen LogP contribution in [0.5, 0.6) is 0 Å². The lowest BCUT2D eigenvalue weighted by atomic mass is 10.2. The molecule has 0 bridgehead atoms. The second-order valence-corrected chi connectivity index (χ2v) is 5.47. The first-order valence-electron chi connectivity index (χ1n) is 5.71. The summed E-state index contributed by atoms with van der Waals surface area (Å²) in [6.07, 6.45) is -4.34. The predicted molar refractivity (Wildman–Crippen MR) is 77.9 cm³/mol. The summed E-state index contributed by atoms with van der Waals surface area (Å²) in [7, 11) is 0. The monoisotopic (exact) mass is 363 g/mol. The number of rotatable bonds is 3. The number of halogens is 5. The van der Waals surface area contributed by atoms with Gasteiger partial charge in [-0.3, -0.25) is 0 Å². The fourth-order valence-corrected chi connectivity index (χ4v) is 2.41. The highest BCUT2D eigenvalue weighted by Crippen LogP contribution is 2.34. The van der Waals surface area contributed by atoms with Gasteiger partial charge in [-0.25, -0.2) is 0 Å². The van der Waals surface area contributed by atoms with E-state index in [-0.39, 0.29) is 0 Å². The standard InChI is InChI=1S/C14H10BrClF3N/c15-12-7-10(14(17,18)19)4-5-13(12)20-8-9-2-1-3-11(16)6-9/h1-7,20H,8H2. The first-order valence-corrected chi connectivity index (χ1v) is 6.88. The van der Waals surface area contributed by atoms with Gasteiger partial charge < -0.3 is 5.32 Å². The summed E-state index contributed by atoms with van der Waals surface area (Å²) in [5.74, 6) is 0. The highest BCUT2D eigenvalue weighted by Gasteiger charge is 2.30. The lowest BCUT2D eigenvalue weighted by Crippen LogP contribution is -2.06. The zero-order valence-electron chi connectivity index (χ0n) is 10.1. The fraction of sp³-hybridized carbons (Fsp3) is 0.143. The van der Waals surface area contributed by atoms with E-state index in [0.717, 1.165) is 17.7 Å². The summed E-state index contributed by atoms with van der Waals surface area (Å²) in [4.78, 5) is 0. The SMILES string of the molecule is FC(F)(F)c1ccc(NCc2cccc(Cl)c2)c(Br)c1. The molecule has 1 nitrogen and oxygen atoms in total. The number of benzene rings is 2. The van der Waals surface area contributed by atoms with Gasteiger partial charge in [0.2, 0.25) is 0 Å². The highest BCUT2D eigenvalue weighted by atomic mass is 79.9. The van der Waals surface area contributed by atoms with Crippen molar-refractivity contribution in [1.82, 2.24) is 0 Å². The van der Waals surface area contributed by atoms with Crippen LogP contribution in [-0.2, 0) is 12.7 Å². The summed E-state index contributed by atoms with van der Waals surface area (Å²) in [6, 6.07) is 10.8. The maximum atomic E-state index is 12.5. The molecule has 0 saturated heterocycles. The molecule has 2 rings (SSSR count). The van der Waals surface area contributed by atoms with Crippen LogP contribution in [0.1, 0.15) is 11.1 Å². The van der Waals surface area contributed by atoms with Crippen molar-refractivity contribution in [2.45, 2.75) is 12.7 Å². The van der Waals surface area contributed by atoms with Gasteiger partial charge in [-0.05, 0) is 51.8 Å². The van der Waals surface area contributed by atoms with Crippen LogP contribution in [0.15, 0.2) is 46.9 Å². The smallest absolute Gasteiger partial charge is 0.380 e. The fourth-order valence-electron chi connectivity index (χ4n) is 1.68. The Bertz CT molecular complexity index is 614. The number of hydrogen-bond acceptors (Lipinski definition) is 1. The maximum Gasteiger partial charge on any atom is 0.416 e. The Hall–Kier alpha value is -1.20. The molecule has 6 heteroatoms. The minimum Gasteiger partial charge on any atom is -0.380 e. The van der Waals surface area contributed by atoms with Crippen molar-refractivity contribution in [1.29, 1.82) is 0 Å². The molecular weight excluding hydrogens is 355 g/mol. The van der Waals surface area contributed by atoms with Crippen LogP contribution in [0.25, 0.3) is 0 Å². The third kappa shape index (κ3) is 3.90. The van der Waals surface area contributed by atoms with Crippen molar-refractivity contribution in [2.75, 3.05) is 5.32 Å². The van der Waals surface area contributed by atoms with E-state index in [4.69, 9.17) is 11.6 Å². The van der Waals surface area contributed by atoms with Gasteiger partial charge >= 0.3 is 6.18 Å². The molecule has 20 heavy (non-hydrogen) atoms. The zero-order chi connectivity index (χ0) is 14.8. The summed E-state index contributed by atoms with van der Waals surface area (Å²) >= 11 is 9.01. The lowest BCUT2D eigenvalue weighted by molar-refractivity contribution is -0.137. The zero-order valence-corrected chi connectivity index (χ0v) is 12.5. The Labute approximate surface area is 127 Å². The third-order valence-electron chi connectivity index (χ3n) is 2.67. The third-order valence-corrected chi connectivity index (χ3v) is 3.56. The second-order valence-electron chi connectivity index (χ2n) is 4.18. The molecule has 0 saturated carbocycles. The minimum atomic E-state index is -4.34. The van der Waals surface area contributed by atoms with E-state index in [0.29, 0.717) is 21.7 Å². The molecule has 0 fully saturated rings. The average molecular weight is 365 g/mol. The van der Waals surface area contributed by atoms with Gasteiger partial charge in [0.15, 0.2) is 0 Å². The number of alkyl halides is 3. The molecule has 0 radical (unpaired) electrons. The van der Waals surface area contributed by atoms with E-state index in [1.165, 1.54) is 6.07 Å². The van der Waals surface area contributed by atoms with Crippen molar-refractivity contribution < 1.29 is 13.2 Å². The average Bonchev–Trinajstić information content (AvgIpc) is 2.36. The molecule has 0 aromatic heterocycles. The van der Waals surface area contributed by atoms with E-state index >= 15 is 0 Å². The summed E-state index contributed by atoms with van der Waals surface area (Å²) < 4.78 is 38.0. The molecule has 0 amide bonds. The molecule has 2 aromatic rings. The maximum absolute atomic E-state index is 12.5. The van der Waals surface area contributed by atoms with Gasteiger partial charge in [-0.2, -0.15) is 13.2 Å². The Kier molecular flexibility index (Phi) is 4.60. The van der Waals surface area contributed by atoms with Crippen LogP contribution in [0.2, 0.25) is 5.02 Å². The molecule has 0 spiro atoms. The van der Waals surface area contributed by atoms with Crippen molar-refractivity contribution in [3.05, 3.63) is 63.1 Å². The lowest BCUT2D eigenvalue weighted by Gasteiger charge is -2.12. The van der Waals surface area contributed by atoms with Gasteiger partial charge in [0.1, 0.15) is 0 Å². The van der Waals surface area contributed by atoms with Gasteiger partial charge in [0.05, 0.1) is 5.56 Å². The topological polar surface area (TPSA) is 12.0 Å². The Morgan fingerprint density at radius 3 is 2.45 bits per heavy atom. The van der Waals surface area contributed by atoms with Gasteiger partial charge in [-0.15, -0.1) is 0 Å². The molecular formula is C14H10BrClF3N. The number of nitrogens with one attached hydrogen (secondary N) is 1. The van der Waals surface area contributed by atoms with Crippen LogP contribution in [-0.4, -0.2) is 0 Å². The molecule has 0 aliphatic carbocycles. The molecule has 0 unspecified atom stereocenters. The van der Waals surface area contributed by atoms with E-state index in [1.54, 1.807) is 12.1 Å². The number of hydrogen-bond donors (Lipinski definition) is 1. The van der Waals surface area contributed by atoms with Crippen LogP contribution >= 0.6 is 27.5 Å². The van der Waals surface area contributed by atoms with Gasteiger partial charge in [0.25, 0.3) is 0 Å². The first-order chi connectivity index (χ1) is 9.36. The summed E-state index contributed by atoms with van der Waals surface area (Å²) in [6.45, 7) is 0.477. The summed E-state index contributed by atoms with van der Waals surface area (Å²) in [5, 5.41) is 3.68. The normalized spacial score (nSPS) is 11.4. The van der Waals surface area contributed by atoms with Crippen LogP contribution in [0.4, 0.5) is 18.9 Å². The molecule has 0 aliphatic heterocycles. The van der Waals surface area contributed by atoms with Crippen LogP contribution in [0, 0.1) is 0 Å². The van der Waals surface area contributed by atoms with E-state index < -0.39 is 11.7 Å². The number of anilines is 1. The molecule has 1 N–H and O–H groups in total. The largest absolute Gasteiger partial charge is 0.416 e. The molecule has 0 aliphatic rings. The van der Waals surface area contributed by atoms with E-state index in [1.807, 2.05) is 12.1 Å². The summed E-state index contributed by atoms with van der Waals surface area (Å²) in [5.41, 5.74) is 0.861. The Balaban J connectivity index is 2.11. The first kappa shape index (κ1) is 15.2. The van der Waals surface area contributed by atoms with Crippen molar-refractivity contribution in [2.24, 2.45) is 0 Å². The van der Waals surface area contributed by atoms with Crippen molar-refractivity contribution >= 4 is 33.2 Å². The van der Waals surface area contributed by atoms with Crippen molar-refractivity contribution in [3.63, 3.8) is 0 Å². The quantitative estimate of drug-likeness (QED) is 0.733. The van der Waals surface area contributed by atoms with Crippen LogP contribution < -0.4 is 5.32 Å². The molecule has 0 atom stereocenters. The molecule has 106 valence electrons. The van der Waals surface area contributed by atoms with Crippen LogP contribution in [0.3, 0.4) is 0 Å². The Morgan fingerprint density at radius 2 is 1.85 bits per heavy atom.